The molecule has 0 aromatic carbocycles. The lowest BCUT2D eigenvalue weighted by Crippen LogP contribution is -2.12. The van der Waals surface area contributed by atoms with Gasteiger partial charge in [-0.2, -0.15) is 4.99 Å². The number of hydrogen-bond acceptors (Lipinski definition) is 2. The molecule has 14 heavy (non-hydrogen) atoms. The maximum Gasteiger partial charge on any atom is 0.112 e. The van der Waals surface area contributed by atoms with Crippen LogP contribution in [0.4, 0.5) is 4.39 Å². The molecule has 0 aromatic rings. The van der Waals surface area contributed by atoms with Crippen LogP contribution in [-0.4, -0.2) is 11.3 Å². The summed E-state index contributed by atoms with van der Waals surface area (Å²) in [6.45, 7) is 4.33. The Balaban J connectivity index is 2.22. The molecule has 1 saturated carbocycles. The predicted octanol–water partition coefficient (Wildman–Crippen LogP) is 3.23. The van der Waals surface area contributed by atoms with Gasteiger partial charge in [0.05, 0.1) is 10.9 Å². The molecule has 0 aromatic heterocycles. The van der Waals surface area contributed by atoms with Gasteiger partial charge in [-0.3, -0.25) is 0 Å². The molecule has 4 unspecified atom stereocenters. The highest BCUT2D eigenvalue weighted by Crippen LogP contribution is 2.55. The van der Waals surface area contributed by atoms with Crippen LogP contribution in [0.1, 0.15) is 20.3 Å². The largest absolute Gasteiger partial charge is 0.246 e. The number of nitrogens with zero attached hydrogens (tertiary/aromatic N) is 1. The normalized spacial score (nSPS) is 39.9. The van der Waals surface area contributed by atoms with Crippen molar-refractivity contribution >= 4 is 17.4 Å². The highest BCUT2D eigenvalue weighted by atomic mass is 32.1. The lowest BCUT2D eigenvalue weighted by molar-refractivity contribution is 0.368. The molecule has 0 aliphatic heterocycles. The van der Waals surface area contributed by atoms with Crippen LogP contribution in [0.5, 0.6) is 0 Å². The SMILES string of the molecule is CC(C)C1C=C(N=C=S)C2C(F)C2C1. The highest BCUT2D eigenvalue weighted by molar-refractivity contribution is 7.78. The minimum atomic E-state index is -0.683. The first-order chi connectivity index (χ1) is 6.65. The van der Waals surface area contributed by atoms with E-state index in [2.05, 4.69) is 42.3 Å². The van der Waals surface area contributed by atoms with Crippen LogP contribution in [-0.2, 0) is 0 Å². The molecule has 0 saturated heterocycles. The summed E-state index contributed by atoms with van der Waals surface area (Å²) in [5.74, 6) is 1.24. The monoisotopic (exact) mass is 211 g/mol. The van der Waals surface area contributed by atoms with Crippen molar-refractivity contribution < 1.29 is 4.39 Å². The van der Waals surface area contributed by atoms with Crippen molar-refractivity contribution in [3.8, 4) is 0 Å². The van der Waals surface area contributed by atoms with Gasteiger partial charge in [-0.1, -0.05) is 19.9 Å². The molecule has 4 atom stereocenters. The molecule has 0 heterocycles. The van der Waals surface area contributed by atoms with E-state index in [4.69, 9.17) is 0 Å². The van der Waals surface area contributed by atoms with E-state index in [9.17, 15) is 4.39 Å². The van der Waals surface area contributed by atoms with Crippen molar-refractivity contribution in [2.75, 3.05) is 0 Å². The van der Waals surface area contributed by atoms with Gasteiger partial charge in [-0.15, -0.1) is 0 Å². The molecule has 0 N–H and O–H groups in total. The molecule has 76 valence electrons. The summed E-state index contributed by atoms with van der Waals surface area (Å²) in [6.07, 6.45) is 2.38. The van der Waals surface area contributed by atoms with Gasteiger partial charge in [-0.25, -0.2) is 4.39 Å². The Morgan fingerprint density at radius 3 is 2.93 bits per heavy atom. The Morgan fingerprint density at radius 1 is 1.64 bits per heavy atom. The second kappa shape index (κ2) is 3.56. The molecule has 2 aliphatic carbocycles. The second-order valence-electron chi connectivity index (χ2n) is 4.57. The lowest BCUT2D eigenvalue weighted by Gasteiger charge is -2.20. The standard InChI is InChI=1S/C11H14FNS/c1-6(2)7-3-8-10(11(8)12)9(4-7)13-5-14/h4,6-8,10-11H,3H2,1-2H3. The predicted molar refractivity (Wildman–Crippen MR) is 57.9 cm³/mol. The maximum atomic E-state index is 13.3. The zero-order valence-corrected chi connectivity index (χ0v) is 9.22. The van der Waals surface area contributed by atoms with Crippen molar-refractivity contribution in [2.45, 2.75) is 26.4 Å². The summed E-state index contributed by atoms with van der Waals surface area (Å²) >= 11 is 4.57. The zero-order chi connectivity index (χ0) is 10.3. The molecular formula is C11H14FNS. The third-order valence-electron chi connectivity index (χ3n) is 3.37. The van der Waals surface area contributed by atoms with E-state index in [0.717, 1.165) is 12.1 Å². The summed E-state index contributed by atoms with van der Waals surface area (Å²) in [4.78, 5) is 3.98. The molecule has 1 nitrogen and oxygen atoms in total. The van der Waals surface area contributed by atoms with Crippen molar-refractivity contribution in [1.29, 1.82) is 0 Å². The number of allylic oxidation sites excluding steroid dienone is 2. The third-order valence-corrected chi connectivity index (χ3v) is 3.47. The fraction of sp³-hybridized carbons (Fsp3) is 0.727. The Hall–Kier alpha value is -0.530. The Bertz CT molecular complexity index is 317. The van der Waals surface area contributed by atoms with Crippen molar-refractivity contribution in [3.63, 3.8) is 0 Å². The first kappa shape index (κ1) is 10.0. The fourth-order valence-corrected chi connectivity index (χ4v) is 2.44. The average molecular weight is 211 g/mol. The van der Waals surface area contributed by atoms with Crippen LogP contribution >= 0.6 is 12.2 Å². The summed E-state index contributed by atoms with van der Waals surface area (Å²) in [5.41, 5.74) is 0.836. The van der Waals surface area contributed by atoms with Gasteiger partial charge >= 0.3 is 0 Å². The van der Waals surface area contributed by atoms with Gasteiger partial charge < -0.3 is 0 Å². The molecule has 0 radical (unpaired) electrons. The van der Waals surface area contributed by atoms with Crippen LogP contribution in [0, 0.1) is 23.7 Å². The molecule has 2 rings (SSSR count). The van der Waals surface area contributed by atoms with Gasteiger partial charge in [-0.05, 0) is 30.5 Å². The van der Waals surface area contributed by atoms with Crippen molar-refractivity contribution in [2.24, 2.45) is 28.7 Å². The first-order valence-corrected chi connectivity index (χ1v) is 5.49. The highest BCUT2D eigenvalue weighted by Gasteiger charge is 2.56. The van der Waals surface area contributed by atoms with E-state index in [1.807, 2.05) is 0 Å². The van der Waals surface area contributed by atoms with Gasteiger partial charge in [0.25, 0.3) is 0 Å². The molecule has 0 amide bonds. The minimum absolute atomic E-state index is 0.0282. The van der Waals surface area contributed by atoms with E-state index < -0.39 is 6.17 Å². The van der Waals surface area contributed by atoms with Crippen LogP contribution in [0.3, 0.4) is 0 Å². The number of isothiocyanates is 1. The van der Waals surface area contributed by atoms with E-state index in [1.165, 1.54) is 0 Å². The van der Waals surface area contributed by atoms with Gasteiger partial charge in [0.15, 0.2) is 0 Å². The summed E-state index contributed by atoms with van der Waals surface area (Å²) in [7, 11) is 0. The Morgan fingerprint density at radius 2 is 2.36 bits per heavy atom. The van der Waals surface area contributed by atoms with E-state index in [1.54, 1.807) is 0 Å². The smallest absolute Gasteiger partial charge is 0.112 e. The quantitative estimate of drug-likeness (QED) is 0.504. The molecule has 0 spiro atoms. The van der Waals surface area contributed by atoms with Gasteiger partial charge in [0.2, 0.25) is 0 Å². The van der Waals surface area contributed by atoms with Crippen molar-refractivity contribution in [3.05, 3.63) is 11.8 Å². The molecule has 1 fully saturated rings. The third kappa shape index (κ3) is 1.55. The lowest BCUT2D eigenvalue weighted by atomic mass is 9.85. The topological polar surface area (TPSA) is 12.4 Å². The number of fused-ring (bicyclic) bond motifs is 1. The molecular weight excluding hydrogens is 197 g/mol. The fourth-order valence-electron chi connectivity index (χ4n) is 2.33. The molecule has 3 heteroatoms. The van der Waals surface area contributed by atoms with Gasteiger partial charge in [0.1, 0.15) is 6.17 Å². The Labute approximate surface area is 89.1 Å². The van der Waals surface area contributed by atoms with E-state index in [-0.39, 0.29) is 11.8 Å². The Kier molecular flexibility index (Phi) is 2.54. The summed E-state index contributed by atoms with van der Waals surface area (Å²) in [5, 5.41) is 2.35. The zero-order valence-electron chi connectivity index (χ0n) is 8.40. The average Bonchev–Trinajstić information content (AvgIpc) is 2.78. The number of rotatable bonds is 2. The number of aliphatic imine (C=N–C) groups is 1. The number of halogens is 1. The maximum absolute atomic E-state index is 13.3. The second-order valence-corrected chi connectivity index (χ2v) is 4.75. The van der Waals surface area contributed by atoms with E-state index in [0.29, 0.717) is 11.8 Å². The summed E-state index contributed by atoms with van der Waals surface area (Å²) < 4.78 is 13.3. The van der Waals surface area contributed by atoms with Crippen LogP contribution in [0.15, 0.2) is 16.8 Å². The molecule has 2 aliphatic rings. The minimum Gasteiger partial charge on any atom is -0.246 e. The molecule has 0 bridgehead atoms. The van der Waals surface area contributed by atoms with Crippen molar-refractivity contribution in [1.82, 2.24) is 0 Å². The first-order valence-electron chi connectivity index (χ1n) is 5.08. The number of thiocarbonyl (C=S) groups is 1. The van der Waals surface area contributed by atoms with Crippen LogP contribution in [0.25, 0.3) is 0 Å². The van der Waals surface area contributed by atoms with Crippen LogP contribution < -0.4 is 0 Å². The summed E-state index contributed by atoms with van der Waals surface area (Å²) in [6, 6.07) is 0. The van der Waals surface area contributed by atoms with Crippen LogP contribution in [0.2, 0.25) is 0 Å². The van der Waals surface area contributed by atoms with Gasteiger partial charge in [0, 0.05) is 11.8 Å². The number of alkyl halides is 1. The number of hydrogen-bond donors (Lipinski definition) is 0. The van der Waals surface area contributed by atoms with E-state index >= 15 is 0 Å².